The largest absolute Gasteiger partial charge is 0.481 e. The van der Waals surface area contributed by atoms with Gasteiger partial charge in [-0.05, 0) is 0 Å². The van der Waals surface area contributed by atoms with Crippen molar-refractivity contribution < 1.29 is 123 Å². The number of aliphatic carboxylic acids is 9. The molecule has 0 spiro atoms. The molecule has 33 nitrogen and oxygen atoms in total. The Hall–Kier alpha value is -8.52. The van der Waals surface area contributed by atoms with Crippen LogP contribution in [0, 0.1) is 0 Å². The number of rotatable bonds is 31. The van der Waals surface area contributed by atoms with Gasteiger partial charge in [0, 0.05) is 0 Å². The zero-order valence-electron chi connectivity index (χ0n) is 32.9. The Bertz CT molecular complexity index is 1940. The normalized spacial score (nSPS) is 14.2. The Morgan fingerprint density at radius 1 is 0.262 bits per heavy atom. The van der Waals surface area contributed by atoms with E-state index in [0.717, 1.165) is 0 Å². The van der Waals surface area contributed by atoms with Crippen LogP contribution in [0.1, 0.15) is 51.4 Å². The molecule has 0 rings (SSSR count). The summed E-state index contributed by atoms with van der Waals surface area (Å²) in [6.07, 6.45) is -10.7. The van der Waals surface area contributed by atoms with Gasteiger partial charge in [0.15, 0.2) is 0 Å². The van der Waals surface area contributed by atoms with Crippen molar-refractivity contribution in [2.24, 2.45) is 5.73 Å². The Kier molecular flexibility index (Phi) is 23.2. The highest BCUT2D eigenvalue weighted by Crippen LogP contribution is 2.06. The van der Waals surface area contributed by atoms with E-state index in [1.54, 1.807) is 37.2 Å². The summed E-state index contributed by atoms with van der Waals surface area (Å²) in [4.78, 5) is 193. The van der Waals surface area contributed by atoms with Crippen LogP contribution in [0.4, 0.5) is 0 Å². The minimum absolute atomic E-state index is 1.01. The molecule has 0 aromatic carbocycles. The Morgan fingerprint density at radius 2 is 0.415 bits per heavy atom. The highest BCUT2D eigenvalue weighted by molar-refractivity contribution is 6.01. The van der Waals surface area contributed by atoms with Crippen LogP contribution < -0.4 is 43.0 Å². The second kappa shape index (κ2) is 26.7. The SMILES string of the molecule is N[C@H](CC(=O)O)C(=O)N[C@H](CC(=O)O)C(=O)N[C@H](CC(=O)O)C(=O)N[C@H](CC(=O)O)C(=O)N[C@H](CC(=O)O)C(=O)N[C@H](CC(=O)O)C(=O)N[C@H](CC(=O)O)C(=O)N[C@H](CC(=O)O)C(=O)O. The maximum Gasteiger partial charge on any atom is 0.326 e. The molecule has 0 fully saturated rings. The van der Waals surface area contributed by atoms with E-state index in [9.17, 15) is 112 Å². The first-order chi connectivity index (χ1) is 29.9. The van der Waals surface area contributed by atoms with Gasteiger partial charge in [-0.1, -0.05) is 0 Å². The number of hydrogen-bond donors (Lipinski definition) is 17. The lowest BCUT2D eigenvalue weighted by atomic mass is 10.1. The van der Waals surface area contributed by atoms with Gasteiger partial charge >= 0.3 is 53.7 Å². The van der Waals surface area contributed by atoms with Crippen molar-refractivity contribution in [3.05, 3.63) is 0 Å². The molecule has 360 valence electrons. The minimum Gasteiger partial charge on any atom is -0.481 e. The number of carbonyl (C=O) groups excluding carboxylic acids is 7. The molecule has 0 aliphatic rings. The summed E-state index contributed by atoms with van der Waals surface area (Å²) in [6.45, 7) is 0. The van der Waals surface area contributed by atoms with Crippen molar-refractivity contribution in [1.29, 1.82) is 0 Å². The van der Waals surface area contributed by atoms with Crippen molar-refractivity contribution >= 4 is 95.1 Å². The van der Waals surface area contributed by atoms with E-state index in [4.69, 9.17) is 15.9 Å². The molecular formula is C32H42N8O25. The summed E-state index contributed by atoms with van der Waals surface area (Å²) in [6, 6.07) is -18.1. The number of carbonyl (C=O) groups is 16. The third-order valence-corrected chi connectivity index (χ3v) is 7.79. The molecule has 0 aliphatic heterocycles. The molecule has 8 atom stereocenters. The van der Waals surface area contributed by atoms with E-state index in [2.05, 4.69) is 0 Å². The van der Waals surface area contributed by atoms with Gasteiger partial charge in [0.1, 0.15) is 42.3 Å². The standard InChI is InChI=1S/C32H42N8O25/c33-9(1-17(41)42)25(57)34-10(2-18(43)44)26(58)35-11(3-19(45)46)27(59)36-12(4-20(47)48)28(60)37-13(5-21(49)50)29(61)38-14(6-22(51)52)30(62)39-15(7-23(53)54)31(63)40-16(32(64)65)8-24(55)56/h9-16H,1-8,33H2,(H,34,57)(H,35,58)(H,36,59)(H,37,60)(H,38,61)(H,39,62)(H,40,63)(H,41,42)(H,43,44)(H,45,46)(H,47,48)(H,49,50)(H,51,52)(H,53,54)(H,55,56)(H,64,65)/t9-,10-,11-,12-,13-,14-,15-,16-/m1/s1. The first-order valence-electron chi connectivity index (χ1n) is 17.8. The van der Waals surface area contributed by atoms with Gasteiger partial charge in [0.05, 0.1) is 57.4 Å². The van der Waals surface area contributed by atoms with E-state index >= 15 is 0 Å². The Balaban J connectivity index is 6.60. The van der Waals surface area contributed by atoms with Gasteiger partial charge in [-0.15, -0.1) is 0 Å². The smallest absolute Gasteiger partial charge is 0.326 e. The zero-order valence-corrected chi connectivity index (χ0v) is 32.9. The maximum atomic E-state index is 13.3. The quantitative estimate of drug-likeness (QED) is 0.0307. The van der Waals surface area contributed by atoms with Crippen molar-refractivity contribution in [1.82, 2.24) is 37.2 Å². The number of hydrogen-bond acceptors (Lipinski definition) is 17. The van der Waals surface area contributed by atoms with Crippen LogP contribution in [0.5, 0.6) is 0 Å². The van der Waals surface area contributed by atoms with Crippen molar-refractivity contribution in [3.63, 3.8) is 0 Å². The van der Waals surface area contributed by atoms with Crippen LogP contribution in [0.3, 0.4) is 0 Å². The second-order valence-corrected chi connectivity index (χ2v) is 13.2. The molecule has 0 heterocycles. The molecule has 0 bridgehead atoms. The number of nitrogens with two attached hydrogens (primary N) is 1. The monoisotopic (exact) mass is 938 g/mol. The highest BCUT2D eigenvalue weighted by Gasteiger charge is 2.37. The molecule has 18 N–H and O–H groups in total. The lowest BCUT2D eigenvalue weighted by Crippen LogP contribution is -2.61. The first kappa shape index (κ1) is 56.5. The third-order valence-electron chi connectivity index (χ3n) is 7.79. The van der Waals surface area contributed by atoms with Crippen molar-refractivity contribution in [3.8, 4) is 0 Å². The molecule has 0 aromatic heterocycles. The molecule has 0 saturated heterocycles. The van der Waals surface area contributed by atoms with E-state index in [0.29, 0.717) is 0 Å². The Morgan fingerprint density at radius 3 is 0.585 bits per heavy atom. The average Bonchev–Trinajstić information content (AvgIpc) is 3.14. The number of carboxylic acids is 9. The number of carboxylic acid groups (broad SMARTS) is 9. The highest BCUT2D eigenvalue weighted by atomic mass is 16.4. The van der Waals surface area contributed by atoms with E-state index < -0.39 is 195 Å². The summed E-state index contributed by atoms with van der Waals surface area (Å²) < 4.78 is 0. The predicted octanol–water partition coefficient (Wildman–Crippen LogP) is -8.41. The van der Waals surface area contributed by atoms with E-state index in [1.807, 2.05) is 0 Å². The lowest BCUT2D eigenvalue weighted by molar-refractivity contribution is -0.148. The van der Waals surface area contributed by atoms with Crippen LogP contribution in [-0.2, 0) is 76.7 Å². The van der Waals surface area contributed by atoms with Gasteiger partial charge < -0.3 is 88.9 Å². The molecule has 0 aromatic rings. The van der Waals surface area contributed by atoms with Gasteiger partial charge in [0.25, 0.3) is 0 Å². The Labute approximate surface area is 360 Å². The maximum absolute atomic E-state index is 13.3. The molecule has 0 radical (unpaired) electrons. The summed E-state index contributed by atoms with van der Waals surface area (Å²) in [5, 5.41) is 94.8. The first-order valence-corrected chi connectivity index (χ1v) is 17.8. The second-order valence-electron chi connectivity index (χ2n) is 13.2. The fraction of sp³-hybridized carbons (Fsp3) is 0.500. The molecule has 0 saturated carbocycles. The number of nitrogens with one attached hydrogen (secondary N) is 7. The summed E-state index contributed by atoms with van der Waals surface area (Å²) in [5.41, 5.74) is 5.39. The predicted molar refractivity (Wildman–Crippen MR) is 197 cm³/mol. The van der Waals surface area contributed by atoms with Crippen LogP contribution in [0.25, 0.3) is 0 Å². The lowest BCUT2D eigenvalue weighted by Gasteiger charge is -2.26. The number of amides is 7. The third kappa shape index (κ3) is 22.8. The average molecular weight is 939 g/mol. The van der Waals surface area contributed by atoms with E-state index in [1.165, 1.54) is 0 Å². The van der Waals surface area contributed by atoms with Crippen LogP contribution in [0.2, 0.25) is 0 Å². The van der Waals surface area contributed by atoms with E-state index in [-0.39, 0.29) is 0 Å². The van der Waals surface area contributed by atoms with Crippen LogP contribution in [-0.4, -0.2) is 189 Å². The van der Waals surface area contributed by atoms with Gasteiger partial charge in [0.2, 0.25) is 41.4 Å². The van der Waals surface area contributed by atoms with Crippen LogP contribution >= 0.6 is 0 Å². The van der Waals surface area contributed by atoms with Gasteiger partial charge in [-0.2, -0.15) is 0 Å². The fourth-order valence-corrected chi connectivity index (χ4v) is 4.87. The summed E-state index contributed by atoms with van der Waals surface area (Å²) in [5.74, 6) is -28.1. The van der Waals surface area contributed by atoms with Crippen molar-refractivity contribution in [2.45, 2.75) is 99.7 Å². The summed E-state index contributed by atoms with van der Waals surface area (Å²) >= 11 is 0. The summed E-state index contributed by atoms with van der Waals surface area (Å²) in [7, 11) is 0. The topological polar surface area (TPSA) is 565 Å². The zero-order chi connectivity index (χ0) is 50.5. The fourth-order valence-electron chi connectivity index (χ4n) is 4.87. The van der Waals surface area contributed by atoms with Crippen molar-refractivity contribution in [2.75, 3.05) is 0 Å². The molecule has 0 unspecified atom stereocenters. The minimum atomic E-state index is -2.44. The van der Waals surface area contributed by atoms with Gasteiger partial charge in [-0.3, -0.25) is 71.9 Å². The molecule has 65 heavy (non-hydrogen) atoms. The molecule has 0 aliphatic carbocycles. The molecular weight excluding hydrogens is 896 g/mol. The molecule has 7 amide bonds. The van der Waals surface area contributed by atoms with Gasteiger partial charge in [-0.25, -0.2) is 4.79 Å². The molecule has 33 heteroatoms. The van der Waals surface area contributed by atoms with Crippen LogP contribution in [0.15, 0.2) is 0 Å².